The highest BCUT2D eigenvalue weighted by Gasteiger charge is 2.36. The van der Waals surface area contributed by atoms with Crippen molar-refractivity contribution in [1.82, 2.24) is 15.4 Å². The predicted octanol–water partition coefficient (Wildman–Crippen LogP) is 2.96. The van der Waals surface area contributed by atoms with Crippen LogP contribution in [0.2, 0.25) is 0 Å². The molecule has 0 aliphatic carbocycles. The number of allylic oxidation sites excluding steroid dienone is 1. The molecule has 3 amide bonds. The second kappa shape index (κ2) is 11.6. The Balaban J connectivity index is 2.00. The normalized spacial score (nSPS) is 15.4. The summed E-state index contributed by atoms with van der Waals surface area (Å²) in [7, 11) is -4.21. The quantitative estimate of drug-likeness (QED) is 0.448. The number of alkyl carbamates (subject to hydrolysis) is 1. The monoisotopic (exact) mass is 522 g/mol. The molecule has 1 atom stereocenters. The van der Waals surface area contributed by atoms with E-state index in [1.165, 1.54) is 23.1 Å². The van der Waals surface area contributed by atoms with Crippen molar-refractivity contribution in [2.75, 3.05) is 24.6 Å². The van der Waals surface area contributed by atoms with Crippen molar-refractivity contribution in [3.05, 3.63) is 70.4 Å². The maximum absolute atomic E-state index is 13.2. The maximum Gasteiger partial charge on any atom is 0.407 e. The van der Waals surface area contributed by atoms with E-state index in [9.17, 15) is 28.5 Å². The van der Waals surface area contributed by atoms with Gasteiger partial charge in [-0.25, -0.2) is 22.7 Å². The average molecular weight is 523 g/mol. The molecule has 0 saturated carbocycles. The van der Waals surface area contributed by atoms with E-state index in [4.69, 9.17) is 4.74 Å². The molecule has 192 valence electrons. The van der Waals surface area contributed by atoms with Gasteiger partial charge in [0.2, 0.25) is 10.0 Å². The van der Waals surface area contributed by atoms with Crippen LogP contribution in [0.25, 0.3) is 0 Å². The first kappa shape index (κ1) is 27.2. The van der Waals surface area contributed by atoms with E-state index in [-0.39, 0.29) is 41.3 Å². The molecular weight excluding hydrogens is 496 g/mol. The third-order valence-electron chi connectivity index (χ3n) is 5.57. The second-order valence-corrected chi connectivity index (χ2v) is 9.81. The fourth-order valence-electron chi connectivity index (χ4n) is 3.88. The number of hydrogen-bond donors (Lipinski definition) is 3. The van der Waals surface area contributed by atoms with Gasteiger partial charge in [0.15, 0.2) is 0 Å². The largest absolute Gasteiger partial charge is 0.450 e. The second-order valence-electron chi connectivity index (χ2n) is 8.08. The molecule has 0 unspecified atom stereocenters. The highest BCUT2D eigenvalue weighted by atomic mass is 32.2. The number of benzene rings is 2. The molecule has 1 aliphatic rings. The molecule has 11 nitrogen and oxygen atoms in total. The molecular formula is C25H26N6O5S. The van der Waals surface area contributed by atoms with Crippen molar-refractivity contribution in [3.8, 4) is 12.1 Å². The molecule has 0 bridgehead atoms. The highest BCUT2D eigenvalue weighted by Crippen LogP contribution is 2.36. The van der Waals surface area contributed by atoms with E-state index in [2.05, 4.69) is 21.4 Å². The van der Waals surface area contributed by atoms with Crippen molar-refractivity contribution >= 4 is 27.8 Å². The van der Waals surface area contributed by atoms with Gasteiger partial charge in [0.1, 0.15) is 0 Å². The summed E-state index contributed by atoms with van der Waals surface area (Å²) in [5.41, 5.74) is 2.18. The summed E-state index contributed by atoms with van der Waals surface area (Å²) in [4.78, 5) is 25.7. The van der Waals surface area contributed by atoms with Gasteiger partial charge in [0.05, 0.1) is 46.5 Å². The molecule has 0 saturated heterocycles. The van der Waals surface area contributed by atoms with Crippen LogP contribution in [0.1, 0.15) is 36.6 Å². The molecule has 0 radical (unpaired) electrons. The Morgan fingerprint density at radius 3 is 2.54 bits per heavy atom. The number of rotatable bonds is 8. The van der Waals surface area contributed by atoms with Gasteiger partial charge in [-0.1, -0.05) is 18.2 Å². The number of aryl methyl sites for hydroxylation is 1. The minimum Gasteiger partial charge on any atom is -0.450 e. The van der Waals surface area contributed by atoms with Crippen LogP contribution < -0.4 is 20.3 Å². The van der Waals surface area contributed by atoms with Gasteiger partial charge >= 0.3 is 12.1 Å². The van der Waals surface area contributed by atoms with Crippen LogP contribution in [-0.2, 0) is 14.8 Å². The lowest BCUT2D eigenvalue weighted by Gasteiger charge is -2.34. The molecule has 0 fully saturated rings. The fraction of sp³-hybridized carbons (Fsp3) is 0.280. The Labute approximate surface area is 215 Å². The molecule has 2 aromatic carbocycles. The maximum atomic E-state index is 13.2. The molecule has 3 N–H and O–H groups in total. The van der Waals surface area contributed by atoms with Crippen LogP contribution in [0.5, 0.6) is 0 Å². The van der Waals surface area contributed by atoms with Gasteiger partial charge in [-0.05, 0) is 56.2 Å². The molecule has 2 aromatic rings. The predicted molar refractivity (Wildman–Crippen MR) is 135 cm³/mol. The van der Waals surface area contributed by atoms with E-state index in [1.54, 1.807) is 32.0 Å². The van der Waals surface area contributed by atoms with Gasteiger partial charge in [-0.2, -0.15) is 10.5 Å². The Bertz CT molecular complexity index is 1440. The molecule has 1 heterocycles. The summed E-state index contributed by atoms with van der Waals surface area (Å²) in [6.07, 6.45) is -0.684. The topological polar surface area (TPSA) is 164 Å². The third-order valence-corrected chi connectivity index (χ3v) is 7.09. The standard InChI is InChI=1S/C25H26N6O5S/c1-4-36-25(33)28-10-11-29-37(34,35)22-13-18(14-26)8-9-20(22)23-21(15-27)17(3)31(24(32)30-23)19-7-5-6-16(2)12-19/h5-9,12-13,23,29H,4,10-11H2,1-3H3,(H,28,33)(H,30,32)/t23-/m1/s1. The molecule has 0 spiro atoms. The van der Waals surface area contributed by atoms with Crippen LogP contribution in [0.15, 0.2) is 58.6 Å². The number of hydrogen-bond acceptors (Lipinski definition) is 7. The molecule has 1 aliphatic heterocycles. The lowest BCUT2D eigenvalue weighted by molar-refractivity contribution is 0.152. The third kappa shape index (κ3) is 6.06. The highest BCUT2D eigenvalue weighted by molar-refractivity contribution is 7.89. The number of nitriles is 2. The molecule has 12 heteroatoms. The Morgan fingerprint density at radius 2 is 1.89 bits per heavy atom. The Morgan fingerprint density at radius 1 is 1.14 bits per heavy atom. The Hall–Kier alpha value is -4.39. The van der Waals surface area contributed by atoms with E-state index < -0.39 is 28.2 Å². The zero-order valence-electron chi connectivity index (χ0n) is 20.5. The minimum atomic E-state index is -4.21. The minimum absolute atomic E-state index is 0.0423. The van der Waals surface area contributed by atoms with E-state index >= 15 is 0 Å². The number of urea groups is 1. The van der Waals surface area contributed by atoms with E-state index in [1.807, 2.05) is 19.1 Å². The number of carbonyl (C=O) groups excluding carboxylic acids is 2. The Kier molecular flexibility index (Phi) is 8.50. The lowest BCUT2D eigenvalue weighted by Crippen LogP contribution is -2.47. The smallest absolute Gasteiger partial charge is 0.407 e. The number of amides is 3. The van der Waals surface area contributed by atoms with Crippen LogP contribution in [0, 0.1) is 29.6 Å². The summed E-state index contributed by atoms with van der Waals surface area (Å²) in [5.74, 6) is 0. The zero-order chi connectivity index (χ0) is 27.2. The number of carbonyl (C=O) groups is 2. The van der Waals surface area contributed by atoms with E-state index in [0.717, 1.165) is 5.56 Å². The summed E-state index contributed by atoms with van der Waals surface area (Å²) in [5, 5.41) is 24.5. The average Bonchev–Trinajstić information content (AvgIpc) is 2.86. The van der Waals surface area contributed by atoms with Crippen molar-refractivity contribution < 1.29 is 22.7 Å². The van der Waals surface area contributed by atoms with Crippen molar-refractivity contribution in [3.63, 3.8) is 0 Å². The first-order chi connectivity index (χ1) is 17.6. The zero-order valence-corrected chi connectivity index (χ0v) is 21.3. The number of sulfonamides is 1. The number of anilines is 1. The van der Waals surface area contributed by atoms with Gasteiger partial charge in [0, 0.05) is 18.8 Å². The van der Waals surface area contributed by atoms with Gasteiger partial charge in [0.25, 0.3) is 0 Å². The summed E-state index contributed by atoms with van der Waals surface area (Å²) in [6.45, 7) is 5.10. The lowest BCUT2D eigenvalue weighted by atomic mass is 9.94. The number of ether oxygens (including phenoxy) is 1. The first-order valence-electron chi connectivity index (χ1n) is 11.4. The SMILES string of the molecule is CCOC(=O)NCCNS(=O)(=O)c1cc(C#N)ccc1[C@H]1NC(=O)N(c2cccc(C)c2)C(C)=C1C#N. The fourth-order valence-corrected chi connectivity index (χ4v) is 5.19. The van der Waals surface area contributed by atoms with Crippen molar-refractivity contribution in [2.24, 2.45) is 0 Å². The van der Waals surface area contributed by atoms with Crippen LogP contribution >= 0.6 is 0 Å². The van der Waals surface area contributed by atoms with Gasteiger partial charge < -0.3 is 15.4 Å². The molecule has 37 heavy (non-hydrogen) atoms. The van der Waals surface area contributed by atoms with Gasteiger partial charge in [-0.15, -0.1) is 0 Å². The van der Waals surface area contributed by atoms with Crippen molar-refractivity contribution in [2.45, 2.75) is 31.7 Å². The number of nitrogens with one attached hydrogen (secondary N) is 3. The van der Waals surface area contributed by atoms with Gasteiger partial charge in [-0.3, -0.25) is 4.90 Å². The first-order valence-corrected chi connectivity index (χ1v) is 12.8. The summed E-state index contributed by atoms with van der Waals surface area (Å²) in [6, 6.07) is 13.6. The van der Waals surface area contributed by atoms with Crippen LogP contribution in [-0.4, -0.2) is 40.2 Å². The molecule has 3 rings (SSSR count). The van der Waals surface area contributed by atoms with E-state index in [0.29, 0.717) is 11.4 Å². The summed E-state index contributed by atoms with van der Waals surface area (Å²) >= 11 is 0. The summed E-state index contributed by atoms with van der Waals surface area (Å²) < 4.78 is 33.6. The van der Waals surface area contributed by atoms with Crippen LogP contribution in [0.3, 0.4) is 0 Å². The molecule has 0 aromatic heterocycles. The van der Waals surface area contributed by atoms with Crippen molar-refractivity contribution in [1.29, 1.82) is 10.5 Å². The number of nitrogens with zero attached hydrogens (tertiary/aromatic N) is 3. The van der Waals surface area contributed by atoms with Crippen LogP contribution in [0.4, 0.5) is 15.3 Å².